The zero-order valence-corrected chi connectivity index (χ0v) is 13.0. The van der Waals surface area contributed by atoms with Crippen LogP contribution in [0.1, 0.15) is 16.7 Å². The van der Waals surface area contributed by atoms with Gasteiger partial charge >= 0.3 is 7.12 Å². The van der Waals surface area contributed by atoms with Gasteiger partial charge < -0.3 is 10.0 Å². The molecule has 0 aliphatic heterocycles. The minimum absolute atomic E-state index is 0.552. The molecular formula is C20H17BO2. The summed E-state index contributed by atoms with van der Waals surface area (Å²) in [5.74, 6) is 0. The number of rotatable bonds is 2. The average Bonchev–Trinajstić information content (AvgIpc) is 2.93. The molecule has 3 aromatic rings. The predicted molar refractivity (Wildman–Crippen MR) is 94.7 cm³/mol. The minimum Gasteiger partial charge on any atom is -0.423 e. The molecule has 0 heterocycles. The Balaban J connectivity index is 1.98. The van der Waals surface area contributed by atoms with Gasteiger partial charge in [-0.25, -0.2) is 0 Å². The Bertz CT molecular complexity index is 900. The van der Waals surface area contributed by atoms with Crippen LogP contribution < -0.4 is 5.46 Å². The van der Waals surface area contributed by atoms with Crippen molar-refractivity contribution in [1.29, 1.82) is 0 Å². The molecule has 2 N–H and O–H groups in total. The van der Waals surface area contributed by atoms with E-state index in [2.05, 4.69) is 43.3 Å². The van der Waals surface area contributed by atoms with Gasteiger partial charge in [-0.2, -0.15) is 0 Å². The summed E-state index contributed by atoms with van der Waals surface area (Å²) in [6.07, 6.45) is 0.886. The molecule has 3 aromatic carbocycles. The topological polar surface area (TPSA) is 40.5 Å². The van der Waals surface area contributed by atoms with Crippen molar-refractivity contribution in [3.63, 3.8) is 0 Å². The zero-order chi connectivity index (χ0) is 16.0. The largest absolute Gasteiger partial charge is 0.489 e. The highest BCUT2D eigenvalue weighted by Crippen LogP contribution is 2.42. The fraction of sp³-hybridized carbons (Fsp3) is 0.100. The van der Waals surface area contributed by atoms with E-state index in [9.17, 15) is 10.0 Å². The fourth-order valence-electron chi connectivity index (χ4n) is 3.58. The lowest BCUT2D eigenvalue weighted by Gasteiger charge is -2.14. The molecule has 0 aromatic heterocycles. The number of hydrogen-bond donors (Lipinski definition) is 2. The van der Waals surface area contributed by atoms with Crippen LogP contribution in [0.4, 0.5) is 0 Å². The van der Waals surface area contributed by atoms with Crippen LogP contribution in [0, 0.1) is 6.92 Å². The molecule has 0 unspecified atom stereocenters. The molecular weight excluding hydrogens is 283 g/mol. The Labute approximate surface area is 136 Å². The molecule has 0 fully saturated rings. The summed E-state index contributed by atoms with van der Waals surface area (Å²) in [6.45, 7) is 2.09. The van der Waals surface area contributed by atoms with Crippen LogP contribution in [0.25, 0.3) is 22.3 Å². The molecule has 0 bridgehead atoms. The van der Waals surface area contributed by atoms with Gasteiger partial charge in [-0.3, -0.25) is 0 Å². The van der Waals surface area contributed by atoms with Crippen LogP contribution in [-0.2, 0) is 6.42 Å². The highest BCUT2D eigenvalue weighted by Gasteiger charge is 2.24. The van der Waals surface area contributed by atoms with Crippen LogP contribution >= 0.6 is 0 Å². The monoisotopic (exact) mass is 300 g/mol. The fourth-order valence-corrected chi connectivity index (χ4v) is 3.58. The van der Waals surface area contributed by atoms with Crippen molar-refractivity contribution >= 4 is 12.6 Å². The molecule has 1 aliphatic rings. The molecule has 2 nitrogen and oxygen atoms in total. The molecule has 0 spiro atoms. The maximum absolute atomic E-state index is 9.71. The average molecular weight is 300 g/mol. The summed E-state index contributed by atoms with van der Waals surface area (Å²) in [7, 11) is -1.47. The van der Waals surface area contributed by atoms with Crippen LogP contribution in [-0.4, -0.2) is 17.2 Å². The van der Waals surface area contributed by atoms with E-state index in [1.54, 1.807) is 6.07 Å². The van der Waals surface area contributed by atoms with Crippen LogP contribution in [0.2, 0.25) is 0 Å². The van der Waals surface area contributed by atoms with Gasteiger partial charge in [-0.1, -0.05) is 60.7 Å². The summed E-state index contributed by atoms with van der Waals surface area (Å²) in [6, 6.07) is 20.4. The van der Waals surface area contributed by atoms with Gasteiger partial charge in [0.2, 0.25) is 0 Å². The third kappa shape index (κ3) is 2.29. The maximum atomic E-state index is 9.71. The van der Waals surface area contributed by atoms with E-state index >= 15 is 0 Å². The number of fused-ring (bicyclic) bond motifs is 3. The molecule has 0 amide bonds. The van der Waals surface area contributed by atoms with Crippen molar-refractivity contribution < 1.29 is 10.0 Å². The van der Waals surface area contributed by atoms with Gasteiger partial charge in [0, 0.05) is 0 Å². The van der Waals surface area contributed by atoms with Crippen molar-refractivity contribution in [3.8, 4) is 22.3 Å². The molecule has 0 saturated carbocycles. The molecule has 0 saturated heterocycles. The highest BCUT2D eigenvalue weighted by atomic mass is 16.4. The molecule has 1 aliphatic carbocycles. The van der Waals surface area contributed by atoms with Gasteiger partial charge in [-0.05, 0) is 57.8 Å². The van der Waals surface area contributed by atoms with E-state index in [1.165, 1.54) is 27.8 Å². The second kappa shape index (κ2) is 5.37. The molecule has 112 valence electrons. The summed E-state index contributed by atoms with van der Waals surface area (Å²) in [5.41, 5.74) is 8.87. The highest BCUT2D eigenvalue weighted by molar-refractivity contribution is 6.60. The number of benzene rings is 3. The van der Waals surface area contributed by atoms with Gasteiger partial charge in [0.05, 0.1) is 0 Å². The van der Waals surface area contributed by atoms with Gasteiger partial charge in [-0.15, -0.1) is 0 Å². The smallest absolute Gasteiger partial charge is 0.423 e. The Morgan fingerprint density at radius 1 is 0.783 bits per heavy atom. The lowest BCUT2D eigenvalue weighted by atomic mass is 9.74. The molecule has 0 atom stereocenters. The Morgan fingerprint density at radius 2 is 1.39 bits per heavy atom. The van der Waals surface area contributed by atoms with Crippen LogP contribution in [0.3, 0.4) is 0 Å². The first-order chi connectivity index (χ1) is 11.1. The second-order valence-corrected chi connectivity index (χ2v) is 6.13. The standard InChI is InChI=1S/C20H17BO2/c1-13-10-17-15-7-3-2-6-14(15)12-19(17)18(11-13)16-8-4-5-9-20(16)21(22)23/h2-11,22-23H,12H2,1H3. The summed E-state index contributed by atoms with van der Waals surface area (Å²) >= 11 is 0. The van der Waals surface area contributed by atoms with Crippen LogP contribution in [0.15, 0.2) is 60.7 Å². The van der Waals surface area contributed by atoms with Gasteiger partial charge in [0.25, 0.3) is 0 Å². The molecule has 0 radical (unpaired) electrons. The quantitative estimate of drug-likeness (QED) is 0.559. The normalized spacial score (nSPS) is 12.0. The van der Waals surface area contributed by atoms with E-state index in [1.807, 2.05) is 18.2 Å². The van der Waals surface area contributed by atoms with E-state index in [0.29, 0.717) is 5.46 Å². The first-order valence-electron chi connectivity index (χ1n) is 7.82. The van der Waals surface area contributed by atoms with Crippen LogP contribution in [0.5, 0.6) is 0 Å². The van der Waals surface area contributed by atoms with Gasteiger partial charge in [0.15, 0.2) is 0 Å². The van der Waals surface area contributed by atoms with E-state index in [4.69, 9.17) is 0 Å². The van der Waals surface area contributed by atoms with Crippen molar-refractivity contribution in [1.82, 2.24) is 0 Å². The van der Waals surface area contributed by atoms with Crippen molar-refractivity contribution in [2.45, 2.75) is 13.3 Å². The van der Waals surface area contributed by atoms with E-state index in [0.717, 1.165) is 17.5 Å². The second-order valence-electron chi connectivity index (χ2n) is 6.13. The van der Waals surface area contributed by atoms with E-state index < -0.39 is 7.12 Å². The lowest BCUT2D eigenvalue weighted by Crippen LogP contribution is -2.31. The number of aryl methyl sites for hydroxylation is 1. The zero-order valence-electron chi connectivity index (χ0n) is 13.0. The Hall–Kier alpha value is -2.36. The first-order valence-corrected chi connectivity index (χ1v) is 7.82. The number of hydrogen-bond acceptors (Lipinski definition) is 2. The third-order valence-electron chi connectivity index (χ3n) is 4.60. The lowest BCUT2D eigenvalue weighted by molar-refractivity contribution is 0.426. The third-order valence-corrected chi connectivity index (χ3v) is 4.60. The Kier molecular flexibility index (Phi) is 3.33. The Morgan fingerprint density at radius 3 is 2.13 bits per heavy atom. The van der Waals surface area contributed by atoms with Crippen molar-refractivity contribution in [3.05, 3.63) is 77.4 Å². The molecule has 23 heavy (non-hydrogen) atoms. The first kappa shape index (κ1) is 14.3. The maximum Gasteiger partial charge on any atom is 0.489 e. The predicted octanol–water partition coefficient (Wildman–Crippen LogP) is 2.91. The SMILES string of the molecule is Cc1cc2c(c(-c3ccccc3B(O)O)c1)Cc1ccccc1-2. The summed E-state index contributed by atoms with van der Waals surface area (Å²) in [4.78, 5) is 0. The summed E-state index contributed by atoms with van der Waals surface area (Å²) in [5, 5.41) is 19.4. The minimum atomic E-state index is -1.47. The molecule has 3 heteroatoms. The molecule has 4 rings (SSSR count). The van der Waals surface area contributed by atoms with Crippen molar-refractivity contribution in [2.24, 2.45) is 0 Å². The van der Waals surface area contributed by atoms with Crippen molar-refractivity contribution in [2.75, 3.05) is 0 Å². The summed E-state index contributed by atoms with van der Waals surface area (Å²) < 4.78 is 0. The van der Waals surface area contributed by atoms with E-state index in [-0.39, 0.29) is 0 Å². The van der Waals surface area contributed by atoms with Gasteiger partial charge in [0.1, 0.15) is 0 Å².